The van der Waals surface area contributed by atoms with Gasteiger partial charge >= 0.3 is 0 Å². The van der Waals surface area contributed by atoms with Gasteiger partial charge in [0, 0.05) is 10.7 Å². The molecular weight excluding hydrogens is 306 g/mol. The largest absolute Gasteiger partial charge is 0.398 e. The van der Waals surface area contributed by atoms with Crippen molar-refractivity contribution in [1.29, 1.82) is 0 Å². The van der Waals surface area contributed by atoms with Gasteiger partial charge in [0.2, 0.25) is 0 Å². The van der Waals surface area contributed by atoms with Crippen molar-refractivity contribution in [3.05, 3.63) is 76.8 Å². The molecule has 0 aliphatic rings. The first-order chi connectivity index (χ1) is 11.1. The van der Waals surface area contributed by atoms with Crippen molar-refractivity contribution in [3.8, 4) is 0 Å². The molecule has 2 rings (SSSR count). The highest BCUT2D eigenvalue weighted by atomic mass is 35.5. The number of halogens is 1. The molecule has 0 aromatic heterocycles. The Balaban J connectivity index is 2.19. The second kappa shape index (κ2) is 8.30. The van der Waals surface area contributed by atoms with Crippen LogP contribution in [0.2, 0.25) is 5.02 Å². The second-order valence-electron chi connectivity index (χ2n) is 5.11. The number of allylic oxidation sites excluding steroid dienone is 1. The average molecular weight is 326 g/mol. The van der Waals surface area contributed by atoms with E-state index in [4.69, 9.17) is 17.3 Å². The van der Waals surface area contributed by atoms with Crippen molar-refractivity contribution >= 4 is 28.7 Å². The van der Waals surface area contributed by atoms with Gasteiger partial charge in [-0.25, -0.2) is 0 Å². The van der Waals surface area contributed by atoms with Crippen LogP contribution in [0.3, 0.4) is 0 Å². The first-order valence-electron chi connectivity index (χ1n) is 7.49. The lowest BCUT2D eigenvalue weighted by atomic mass is 10.1. The molecule has 0 aliphatic heterocycles. The molecule has 0 radical (unpaired) electrons. The maximum absolute atomic E-state index is 6.08. The summed E-state index contributed by atoms with van der Waals surface area (Å²) in [5, 5.41) is 9.32. The molecule has 2 aromatic rings. The zero-order chi connectivity index (χ0) is 16.7. The molecule has 3 nitrogen and oxygen atoms in total. The summed E-state index contributed by atoms with van der Waals surface area (Å²) in [5.41, 5.74) is 10.4. The normalized spacial score (nSPS) is 13.3. The monoisotopic (exact) mass is 325 g/mol. The number of benzene rings is 2. The Labute approximate surface area is 142 Å². The highest BCUT2D eigenvalue weighted by molar-refractivity contribution is 6.30. The number of hydrogen-bond donors (Lipinski definition) is 1. The molecule has 0 bridgehead atoms. The number of rotatable bonds is 5. The van der Waals surface area contributed by atoms with Crippen LogP contribution >= 0.6 is 11.6 Å². The molecule has 0 unspecified atom stereocenters. The average Bonchev–Trinajstić information content (AvgIpc) is 2.57. The molecule has 0 aliphatic carbocycles. The number of nitrogens with two attached hydrogens (primary N) is 1. The van der Waals surface area contributed by atoms with Gasteiger partial charge in [-0.05, 0) is 42.7 Å². The number of nitrogens with zero attached hydrogens (tertiary/aromatic N) is 2. The molecule has 0 atom stereocenters. The van der Waals surface area contributed by atoms with Crippen molar-refractivity contribution in [2.24, 2.45) is 15.9 Å². The van der Waals surface area contributed by atoms with Crippen molar-refractivity contribution in [2.75, 3.05) is 0 Å². The van der Waals surface area contributed by atoms with Gasteiger partial charge in [0.15, 0.2) is 0 Å². The van der Waals surface area contributed by atoms with E-state index in [0.717, 1.165) is 29.0 Å². The van der Waals surface area contributed by atoms with E-state index in [2.05, 4.69) is 17.1 Å². The molecule has 2 N–H and O–H groups in total. The summed E-state index contributed by atoms with van der Waals surface area (Å²) in [5.74, 6) is 0. The first-order valence-corrected chi connectivity index (χ1v) is 7.87. The van der Waals surface area contributed by atoms with E-state index in [-0.39, 0.29) is 0 Å². The zero-order valence-electron chi connectivity index (χ0n) is 13.3. The summed E-state index contributed by atoms with van der Waals surface area (Å²) in [6, 6.07) is 17.4. The molecule has 118 valence electrons. The summed E-state index contributed by atoms with van der Waals surface area (Å²) >= 11 is 5.88. The third kappa shape index (κ3) is 5.08. The van der Waals surface area contributed by atoms with E-state index in [0.29, 0.717) is 10.7 Å². The van der Waals surface area contributed by atoms with Crippen LogP contribution in [-0.2, 0) is 0 Å². The Morgan fingerprint density at radius 2 is 1.65 bits per heavy atom. The molecule has 0 saturated heterocycles. The van der Waals surface area contributed by atoms with Gasteiger partial charge in [0.25, 0.3) is 0 Å². The molecule has 0 saturated carbocycles. The summed E-state index contributed by atoms with van der Waals surface area (Å²) < 4.78 is 0. The first kappa shape index (κ1) is 17.0. The lowest BCUT2D eigenvalue weighted by Gasteiger charge is -2.03. The third-order valence-corrected chi connectivity index (χ3v) is 3.56. The lowest BCUT2D eigenvalue weighted by molar-refractivity contribution is 1.17. The molecule has 23 heavy (non-hydrogen) atoms. The SMILES string of the molecule is CC/C(=N/N=C(C)/C=C(\N)c1ccc(Cl)cc1)c1ccccc1. The van der Waals surface area contributed by atoms with Crippen molar-refractivity contribution < 1.29 is 0 Å². The summed E-state index contributed by atoms with van der Waals surface area (Å²) in [7, 11) is 0. The van der Waals surface area contributed by atoms with Crippen LogP contribution in [0.5, 0.6) is 0 Å². The molecular formula is C19H20ClN3. The standard InChI is InChI=1S/C19H20ClN3/c1-3-19(16-7-5-4-6-8-16)23-22-14(2)13-18(21)15-9-11-17(20)12-10-15/h4-13H,3,21H2,1-2H3/b18-13-,22-14+,23-19-. The fourth-order valence-corrected chi connectivity index (χ4v) is 2.21. The third-order valence-electron chi connectivity index (χ3n) is 3.31. The Morgan fingerprint density at radius 1 is 1.00 bits per heavy atom. The topological polar surface area (TPSA) is 50.7 Å². The minimum atomic E-state index is 0.635. The maximum Gasteiger partial charge on any atom is 0.0700 e. The maximum atomic E-state index is 6.08. The van der Waals surface area contributed by atoms with Gasteiger partial charge in [0.1, 0.15) is 0 Å². The van der Waals surface area contributed by atoms with E-state index >= 15 is 0 Å². The molecule has 4 heteroatoms. The summed E-state index contributed by atoms with van der Waals surface area (Å²) in [6.45, 7) is 3.94. The molecule has 2 aromatic carbocycles. The van der Waals surface area contributed by atoms with E-state index in [9.17, 15) is 0 Å². The van der Waals surface area contributed by atoms with Crippen LogP contribution in [0.25, 0.3) is 5.70 Å². The highest BCUT2D eigenvalue weighted by Crippen LogP contribution is 2.14. The highest BCUT2D eigenvalue weighted by Gasteiger charge is 2.00. The fraction of sp³-hybridized carbons (Fsp3) is 0.158. The zero-order valence-corrected chi connectivity index (χ0v) is 14.1. The van der Waals surface area contributed by atoms with Gasteiger partial charge in [-0.1, -0.05) is 61.0 Å². The van der Waals surface area contributed by atoms with E-state index in [1.54, 1.807) is 0 Å². The van der Waals surface area contributed by atoms with E-state index < -0.39 is 0 Å². The van der Waals surface area contributed by atoms with Crippen LogP contribution in [0.1, 0.15) is 31.4 Å². The second-order valence-corrected chi connectivity index (χ2v) is 5.55. The smallest absolute Gasteiger partial charge is 0.0700 e. The Bertz CT molecular complexity index is 729. The Kier molecular flexibility index (Phi) is 6.12. The van der Waals surface area contributed by atoms with Gasteiger partial charge in [-0.2, -0.15) is 10.2 Å². The van der Waals surface area contributed by atoms with Gasteiger partial charge in [0.05, 0.1) is 11.4 Å². The predicted octanol–water partition coefficient (Wildman–Crippen LogP) is 4.91. The molecule has 0 fully saturated rings. The summed E-state index contributed by atoms with van der Waals surface area (Å²) in [4.78, 5) is 0. The van der Waals surface area contributed by atoms with Crippen molar-refractivity contribution in [2.45, 2.75) is 20.3 Å². The minimum absolute atomic E-state index is 0.635. The predicted molar refractivity (Wildman–Crippen MR) is 100.0 cm³/mol. The van der Waals surface area contributed by atoms with Crippen LogP contribution in [0, 0.1) is 0 Å². The molecule has 0 spiro atoms. The summed E-state index contributed by atoms with van der Waals surface area (Å²) in [6.07, 6.45) is 2.63. The molecule has 0 amide bonds. The quantitative estimate of drug-likeness (QED) is 0.616. The van der Waals surface area contributed by atoms with Gasteiger partial charge < -0.3 is 5.73 Å². The lowest BCUT2D eigenvalue weighted by Crippen LogP contribution is -2.01. The van der Waals surface area contributed by atoms with Crippen LogP contribution in [-0.4, -0.2) is 11.4 Å². The minimum Gasteiger partial charge on any atom is -0.398 e. The van der Waals surface area contributed by atoms with E-state index in [1.807, 2.05) is 67.6 Å². The molecule has 0 heterocycles. The van der Waals surface area contributed by atoms with Crippen LogP contribution < -0.4 is 5.73 Å². The van der Waals surface area contributed by atoms with Crippen molar-refractivity contribution in [3.63, 3.8) is 0 Å². The van der Waals surface area contributed by atoms with Crippen molar-refractivity contribution in [1.82, 2.24) is 0 Å². The Hall–Kier alpha value is -2.39. The van der Waals surface area contributed by atoms with Crippen LogP contribution in [0.15, 0.2) is 70.9 Å². The van der Waals surface area contributed by atoms with E-state index in [1.165, 1.54) is 0 Å². The fourth-order valence-electron chi connectivity index (χ4n) is 2.08. The Morgan fingerprint density at radius 3 is 2.26 bits per heavy atom. The van der Waals surface area contributed by atoms with Gasteiger partial charge in [-0.15, -0.1) is 0 Å². The van der Waals surface area contributed by atoms with Gasteiger partial charge in [-0.3, -0.25) is 0 Å². The van der Waals surface area contributed by atoms with Crippen LogP contribution in [0.4, 0.5) is 0 Å². The number of hydrogen-bond acceptors (Lipinski definition) is 3.